The maximum Gasteiger partial charge on any atom is 0.175 e. The van der Waals surface area contributed by atoms with Crippen LogP contribution in [0.4, 0.5) is 0 Å². The average Bonchev–Trinajstić information content (AvgIpc) is 3.04. The van der Waals surface area contributed by atoms with Crippen LogP contribution in [0.3, 0.4) is 0 Å². The molecule has 0 saturated heterocycles. The van der Waals surface area contributed by atoms with E-state index in [4.69, 9.17) is 12.2 Å². The molecule has 4 rings (SSSR count). The fourth-order valence-electron chi connectivity index (χ4n) is 7.97. The van der Waals surface area contributed by atoms with Crippen LogP contribution in [-0.4, -0.2) is 61.5 Å². The van der Waals surface area contributed by atoms with Gasteiger partial charge < -0.3 is 15.1 Å². The summed E-state index contributed by atoms with van der Waals surface area (Å²) in [5.41, 5.74) is -1.01. The first kappa shape index (κ1) is 25.3. The van der Waals surface area contributed by atoms with Crippen LogP contribution in [0, 0.1) is 28.6 Å². The van der Waals surface area contributed by atoms with Crippen LogP contribution >= 0.6 is 24.0 Å². The van der Waals surface area contributed by atoms with E-state index >= 15 is 0 Å². The number of Topliss-reactive ketones (excluding diaryl/α,β-unsaturated/α-hetero) is 1. The minimum atomic E-state index is -1.42. The van der Waals surface area contributed by atoms with Crippen molar-refractivity contribution in [1.29, 1.82) is 0 Å². The van der Waals surface area contributed by atoms with Gasteiger partial charge in [0.2, 0.25) is 0 Å². The zero-order valence-corrected chi connectivity index (χ0v) is 22.1. The summed E-state index contributed by atoms with van der Waals surface area (Å²) < 4.78 is 0.701. The summed E-state index contributed by atoms with van der Waals surface area (Å²) in [5, 5.41) is 23.3. The quantitative estimate of drug-likeness (QED) is 0.557. The number of aliphatic hydroxyl groups excluding tert-OH is 1. The number of carbonyl (C=O) groups excluding carboxylic acids is 2. The number of allylic oxidation sites excluding steroid dienone is 1. The van der Waals surface area contributed by atoms with Gasteiger partial charge in [-0.05, 0) is 81.6 Å². The highest BCUT2D eigenvalue weighted by molar-refractivity contribution is 8.23. The summed E-state index contributed by atoms with van der Waals surface area (Å²) in [6.07, 6.45) is 6.09. The van der Waals surface area contributed by atoms with Crippen molar-refractivity contribution in [2.75, 3.05) is 18.8 Å². The normalized spacial score (nSPS) is 42.1. The lowest BCUT2D eigenvalue weighted by Crippen LogP contribution is -2.62. The van der Waals surface area contributed by atoms with Crippen molar-refractivity contribution in [2.45, 2.75) is 84.3 Å². The predicted octanol–water partition coefficient (Wildman–Crippen LogP) is 4.15. The molecule has 0 spiro atoms. The molecule has 4 aliphatic carbocycles. The fraction of sp³-hybridized carbons (Fsp3) is 0.808. The topological polar surface area (TPSA) is 77.8 Å². The smallest absolute Gasteiger partial charge is 0.175 e. The van der Waals surface area contributed by atoms with E-state index in [0.29, 0.717) is 23.6 Å². The highest BCUT2D eigenvalue weighted by Gasteiger charge is 2.68. The minimum Gasteiger partial charge on any atom is -0.393 e. The molecule has 2 N–H and O–H groups in total. The molecule has 0 aliphatic heterocycles. The van der Waals surface area contributed by atoms with E-state index in [1.54, 1.807) is 0 Å². The molecule has 3 saturated carbocycles. The number of thioether (sulfide) groups is 1. The Morgan fingerprint density at radius 3 is 2.58 bits per heavy atom. The third-order valence-electron chi connectivity index (χ3n) is 9.86. The highest BCUT2D eigenvalue weighted by atomic mass is 32.2. The van der Waals surface area contributed by atoms with E-state index in [1.165, 1.54) is 17.3 Å². The number of fused-ring (bicyclic) bond motifs is 5. The lowest BCUT2D eigenvalue weighted by Gasteiger charge is -2.60. The van der Waals surface area contributed by atoms with E-state index < -0.39 is 17.1 Å². The first-order chi connectivity index (χ1) is 15.5. The van der Waals surface area contributed by atoms with Crippen LogP contribution in [0.5, 0.6) is 0 Å². The van der Waals surface area contributed by atoms with Gasteiger partial charge in [0, 0.05) is 24.9 Å². The van der Waals surface area contributed by atoms with Gasteiger partial charge in [-0.3, -0.25) is 9.59 Å². The third kappa shape index (κ3) is 3.85. The summed E-state index contributed by atoms with van der Waals surface area (Å²) in [6.45, 7) is 9.95. The van der Waals surface area contributed by atoms with Gasteiger partial charge in [0.15, 0.2) is 11.6 Å². The number of thiocarbonyl (C=S) groups is 1. The lowest BCUT2D eigenvalue weighted by atomic mass is 9.45. The Labute approximate surface area is 207 Å². The molecular weight excluding hydrogens is 454 g/mol. The first-order valence-electron chi connectivity index (χ1n) is 12.6. The Balaban J connectivity index is 1.56. The van der Waals surface area contributed by atoms with E-state index in [-0.39, 0.29) is 40.5 Å². The molecule has 5 nitrogen and oxygen atoms in total. The summed E-state index contributed by atoms with van der Waals surface area (Å²) >= 11 is 6.85. The number of hydrogen-bond acceptors (Lipinski definition) is 6. The number of nitrogens with zero attached hydrogens (tertiary/aromatic N) is 1. The van der Waals surface area contributed by atoms with Crippen LogP contribution in [0.15, 0.2) is 11.6 Å². The van der Waals surface area contributed by atoms with Gasteiger partial charge in [0.1, 0.15) is 9.92 Å². The van der Waals surface area contributed by atoms with Crippen molar-refractivity contribution in [3.63, 3.8) is 0 Å². The minimum absolute atomic E-state index is 0.0887. The van der Waals surface area contributed by atoms with Crippen molar-refractivity contribution in [3.8, 4) is 0 Å². The number of rotatable bonds is 5. The second-order valence-corrected chi connectivity index (χ2v) is 12.7. The molecule has 4 unspecified atom stereocenters. The van der Waals surface area contributed by atoms with Crippen LogP contribution in [-0.2, 0) is 9.59 Å². The van der Waals surface area contributed by atoms with Gasteiger partial charge in [0.25, 0.3) is 0 Å². The Bertz CT molecular complexity index is 870. The Kier molecular flexibility index (Phi) is 6.93. The summed E-state index contributed by atoms with van der Waals surface area (Å²) in [6, 6.07) is 0. The molecule has 7 atom stereocenters. The Morgan fingerprint density at radius 2 is 1.91 bits per heavy atom. The monoisotopic (exact) mass is 493 g/mol. The van der Waals surface area contributed by atoms with Gasteiger partial charge in [-0.25, -0.2) is 0 Å². The third-order valence-corrected chi connectivity index (χ3v) is 11.4. The van der Waals surface area contributed by atoms with E-state index in [0.717, 1.165) is 38.8 Å². The molecule has 184 valence electrons. The summed E-state index contributed by atoms with van der Waals surface area (Å²) in [4.78, 5) is 27.6. The van der Waals surface area contributed by atoms with Crippen LogP contribution in [0.25, 0.3) is 0 Å². The van der Waals surface area contributed by atoms with Crippen molar-refractivity contribution >= 4 is 39.9 Å². The maximum atomic E-state index is 13.4. The summed E-state index contributed by atoms with van der Waals surface area (Å²) in [5.74, 6) is 0.785. The maximum absolute atomic E-state index is 13.4. The average molecular weight is 494 g/mol. The van der Waals surface area contributed by atoms with E-state index in [1.807, 2.05) is 31.7 Å². The van der Waals surface area contributed by atoms with Crippen LogP contribution in [0.2, 0.25) is 0 Å². The molecule has 0 aromatic heterocycles. The van der Waals surface area contributed by atoms with Gasteiger partial charge in [-0.15, -0.1) is 0 Å². The molecule has 0 radical (unpaired) electrons. The van der Waals surface area contributed by atoms with E-state index in [2.05, 4.69) is 6.92 Å². The molecule has 33 heavy (non-hydrogen) atoms. The lowest BCUT2D eigenvalue weighted by molar-refractivity contribution is -0.178. The van der Waals surface area contributed by atoms with Crippen LogP contribution < -0.4 is 0 Å². The summed E-state index contributed by atoms with van der Waals surface area (Å²) in [7, 11) is 0. The van der Waals surface area contributed by atoms with Crippen molar-refractivity contribution in [2.24, 2.45) is 28.6 Å². The molecule has 0 aromatic carbocycles. The van der Waals surface area contributed by atoms with Gasteiger partial charge >= 0.3 is 0 Å². The molecule has 4 aliphatic rings. The zero-order valence-electron chi connectivity index (χ0n) is 20.4. The highest BCUT2D eigenvalue weighted by Crippen LogP contribution is 2.67. The van der Waals surface area contributed by atoms with Gasteiger partial charge in [0.05, 0.1) is 11.9 Å². The molecular formula is C26H39NO4S2. The molecule has 0 heterocycles. The van der Waals surface area contributed by atoms with Crippen molar-refractivity contribution < 1.29 is 19.8 Å². The molecule has 0 amide bonds. The Morgan fingerprint density at radius 1 is 1.21 bits per heavy atom. The number of aliphatic hydroxyl groups is 2. The van der Waals surface area contributed by atoms with Crippen molar-refractivity contribution in [3.05, 3.63) is 11.6 Å². The standard InChI is InChI=1S/C26H39NO4S2/c1-5-27(6-2)23(32)33-15-21(30)26(31)12-10-19-18-8-7-16-13-17(28)9-11-24(16,3)22(18)20(29)14-25(19,26)4/h13,18-20,22,29,31H,5-12,14-15H2,1-4H3/t18?,19?,20?,22?,24-,25-,26-/m0/s1. The zero-order chi connectivity index (χ0) is 24.2. The van der Waals surface area contributed by atoms with Gasteiger partial charge in [-0.2, -0.15) is 0 Å². The fourth-order valence-corrected chi connectivity index (χ4v) is 9.34. The van der Waals surface area contributed by atoms with Gasteiger partial charge in [-0.1, -0.05) is 43.4 Å². The SMILES string of the molecule is CCN(CC)C(=S)SCC(=O)[C@@]1(O)CCC2C3CCC4=CC(=O)CC[C@]4(C)C3C(O)C[C@@]21C. The molecule has 0 bridgehead atoms. The predicted molar refractivity (Wildman–Crippen MR) is 136 cm³/mol. The van der Waals surface area contributed by atoms with Crippen molar-refractivity contribution in [1.82, 2.24) is 4.90 Å². The van der Waals surface area contributed by atoms with E-state index in [9.17, 15) is 19.8 Å². The molecule has 3 fully saturated rings. The molecule has 0 aromatic rings. The number of ketones is 2. The number of carbonyl (C=O) groups is 2. The largest absolute Gasteiger partial charge is 0.393 e. The first-order valence-corrected chi connectivity index (χ1v) is 14.0. The number of hydrogen-bond donors (Lipinski definition) is 2. The second kappa shape index (κ2) is 9.03. The second-order valence-electron chi connectivity index (χ2n) is 11.1. The molecule has 7 heteroatoms. The van der Waals surface area contributed by atoms with Crippen LogP contribution in [0.1, 0.15) is 72.6 Å². The Hall–Kier alpha value is -0.760.